The summed E-state index contributed by atoms with van der Waals surface area (Å²) in [6, 6.07) is 9.65. The summed E-state index contributed by atoms with van der Waals surface area (Å²) in [5.41, 5.74) is 0.191. The number of imide groups is 1. The van der Waals surface area contributed by atoms with Crippen LogP contribution in [0.3, 0.4) is 0 Å². The van der Waals surface area contributed by atoms with Gasteiger partial charge in [-0.1, -0.05) is 30.3 Å². The van der Waals surface area contributed by atoms with Gasteiger partial charge in [0.25, 0.3) is 5.91 Å². The van der Waals surface area contributed by atoms with E-state index in [4.69, 9.17) is 0 Å². The zero-order valence-corrected chi connectivity index (χ0v) is 18.3. The Bertz CT molecular complexity index is 857. The van der Waals surface area contributed by atoms with Gasteiger partial charge in [0.15, 0.2) is 0 Å². The van der Waals surface area contributed by atoms with Gasteiger partial charge in [-0.05, 0) is 63.6 Å². The largest absolute Gasteiger partial charge is 0.341 e. The number of piperidine rings is 4. The van der Waals surface area contributed by atoms with Crippen molar-refractivity contribution < 1.29 is 14.4 Å². The molecule has 7 heteroatoms. The zero-order valence-electron chi connectivity index (χ0n) is 18.3. The lowest BCUT2D eigenvalue weighted by molar-refractivity contribution is -0.147. The van der Waals surface area contributed by atoms with E-state index in [1.807, 2.05) is 42.2 Å². The summed E-state index contributed by atoms with van der Waals surface area (Å²) in [6.45, 7) is 5.79. The lowest BCUT2D eigenvalue weighted by Crippen LogP contribution is -2.61. The van der Waals surface area contributed by atoms with Crippen LogP contribution in [0.25, 0.3) is 0 Å². The van der Waals surface area contributed by atoms with Crippen LogP contribution in [-0.4, -0.2) is 81.7 Å². The number of carbonyl (C=O) groups is 3. The fourth-order valence-electron chi connectivity index (χ4n) is 6.06. The Morgan fingerprint density at radius 2 is 1.71 bits per heavy atom. The van der Waals surface area contributed by atoms with Crippen molar-refractivity contribution in [1.29, 1.82) is 0 Å². The average molecular weight is 425 g/mol. The van der Waals surface area contributed by atoms with E-state index in [2.05, 4.69) is 4.90 Å². The predicted molar refractivity (Wildman–Crippen MR) is 116 cm³/mol. The molecule has 0 saturated carbocycles. The zero-order chi connectivity index (χ0) is 21.6. The summed E-state index contributed by atoms with van der Waals surface area (Å²) in [6.07, 6.45) is 4.43. The number of urea groups is 1. The fourth-order valence-corrected chi connectivity index (χ4v) is 6.06. The van der Waals surface area contributed by atoms with Crippen molar-refractivity contribution in [2.45, 2.75) is 57.2 Å². The lowest BCUT2D eigenvalue weighted by atomic mass is 9.81. The lowest BCUT2D eigenvalue weighted by Gasteiger charge is -2.48. The maximum atomic E-state index is 13.4. The average Bonchev–Trinajstić information content (AvgIpc) is 3.01. The molecule has 5 saturated heterocycles. The predicted octanol–water partition coefficient (Wildman–Crippen LogP) is 2.32. The summed E-state index contributed by atoms with van der Waals surface area (Å²) >= 11 is 0. The van der Waals surface area contributed by atoms with Crippen molar-refractivity contribution in [1.82, 2.24) is 19.6 Å². The van der Waals surface area contributed by atoms with E-state index in [0.29, 0.717) is 44.9 Å². The molecule has 0 aromatic heterocycles. The normalized spacial score (nSPS) is 29.8. The smallest absolute Gasteiger partial charge is 0.327 e. The number of benzene rings is 1. The second-order valence-electron chi connectivity index (χ2n) is 9.49. The van der Waals surface area contributed by atoms with Crippen LogP contribution in [0.1, 0.15) is 44.6 Å². The van der Waals surface area contributed by atoms with Gasteiger partial charge in [0.2, 0.25) is 5.91 Å². The number of hydrogen-bond donors (Lipinski definition) is 0. The highest BCUT2D eigenvalue weighted by molar-refractivity contribution is 6.07. The van der Waals surface area contributed by atoms with Crippen LogP contribution in [-0.2, 0) is 16.1 Å². The van der Waals surface area contributed by atoms with Crippen molar-refractivity contribution in [2.75, 3.05) is 32.7 Å². The van der Waals surface area contributed by atoms with E-state index in [9.17, 15) is 14.4 Å². The summed E-state index contributed by atoms with van der Waals surface area (Å²) in [4.78, 5) is 47.2. The van der Waals surface area contributed by atoms with E-state index in [0.717, 1.165) is 25.1 Å². The van der Waals surface area contributed by atoms with Crippen molar-refractivity contribution in [3.63, 3.8) is 0 Å². The molecule has 1 atom stereocenters. The highest BCUT2D eigenvalue weighted by Crippen LogP contribution is 2.39. The third kappa shape index (κ3) is 3.34. The minimum absolute atomic E-state index is 0.00928. The van der Waals surface area contributed by atoms with E-state index in [1.165, 1.54) is 17.7 Å². The number of rotatable bonds is 4. The first-order valence-electron chi connectivity index (χ1n) is 11.7. The Labute approximate surface area is 184 Å². The molecule has 0 N–H and O–H groups in total. The molecule has 31 heavy (non-hydrogen) atoms. The van der Waals surface area contributed by atoms with Gasteiger partial charge in [0, 0.05) is 26.2 Å². The van der Waals surface area contributed by atoms with Gasteiger partial charge in [-0.3, -0.25) is 19.4 Å². The number of hydrogen-bond acceptors (Lipinski definition) is 4. The number of likely N-dealkylation sites (tertiary alicyclic amines) is 1. The maximum Gasteiger partial charge on any atom is 0.327 e. The van der Waals surface area contributed by atoms with Gasteiger partial charge < -0.3 is 9.80 Å². The quantitative estimate of drug-likeness (QED) is 0.696. The van der Waals surface area contributed by atoms with Crippen molar-refractivity contribution in [3.05, 3.63) is 35.9 Å². The molecule has 166 valence electrons. The molecule has 7 nitrogen and oxygen atoms in total. The number of amides is 4. The van der Waals surface area contributed by atoms with Crippen LogP contribution in [0, 0.1) is 5.92 Å². The topological polar surface area (TPSA) is 64.2 Å². The third-order valence-corrected chi connectivity index (χ3v) is 7.96. The molecule has 0 aliphatic carbocycles. The number of nitrogens with zero attached hydrogens (tertiary/aromatic N) is 4. The van der Waals surface area contributed by atoms with Crippen LogP contribution in [0.5, 0.6) is 0 Å². The van der Waals surface area contributed by atoms with Crippen LogP contribution < -0.4 is 0 Å². The van der Waals surface area contributed by atoms with E-state index in [-0.39, 0.29) is 23.9 Å². The van der Waals surface area contributed by atoms with Crippen LogP contribution >= 0.6 is 0 Å². The van der Waals surface area contributed by atoms with E-state index < -0.39 is 5.54 Å². The van der Waals surface area contributed by atoms with Gasteiger partial charge in [0.05, 0.1) is 6.04 Å². The van der Waals surface area contributed by atoms with Crippen LogP contribution in [0.15, 0.2) is 30.3 Å². The first-order valence-corrected chi connectivity index (χ1v) is 11.7. The Hall–Kier alpha value is -2.41. The number of likely N-dealkylation sites (N-methyl/N-ethyl adjacent to an activating group) is 1. The Morgan fingerprint density at radius 3 is 2.29 bits per heavy atom. The molecule has 2 bridgehead atoms. The molecule has 4 amide bonds. The van der Waals surface area contributed by atoms with Gasteiger partial charge >= 0.3 is 6.03 Å². The molecular formula is C24H32N4O3. The minimum atomic E-state index is -0.828. The second kappa shape index (κ2) is 7.93. The van der Waals surface area contributed by atoms with Crippen LogP contribution in [0.4, 0.5) is 4.79 Å². The number of fused-ring (bicyclic) bond motifs is 3. The first kappa shape index (κ1) is 20.5. The molecule has 5 aliphatic heterocycles. The molecule has 1 aromatic rings. The van der Waals surface area contributed by atoms with Gasteiger partial charge in [0.1, 0.15) is 5.54 Å². The summed E-state index contributed by atoms with van der Waals surface area (Å²) in [7, 11) is 0. The fraction of sp³-hybridized carbons (Fsp3) is 0.625. The molecule has 1 aromatic carbocycles. The Kier molecular flexibility index (Phi) is 5.24. The summed E-state index contributed by atoms with van der Waals surface area (Å²) in [5.74, 6) is 0.810. The number of carbonyl (C=O) groups excluding carboxylic acids is 3. The standard InChI is InChI=1S/C24H32N4O3/c1-2-27-22(30)24(28(23(27)31)17-19-6-4-3-5-7-19)10-14-26(15-11-24)21(29)20-16-18-8-12-25(20)13-9-18/h3-7,18,20H,2,8-17H2,1H3. The summed E-state index contributed by atoms with van der Waals surface area (Å²) < 4.78 is 0. The van der Waals surface area contributed by atoms with Crippen molar-refractivity contribution in [3.8, 4) is 0 Å². The molecule has 1 spiro atoms. The molecule has 6 rings (SSSR count). The van der Waals surface area contributed by atoms with Gasteiger partial charge in [-0.25, -0.2) is 4.79 Å². The van der Waals surface area contributed by atoms with Crippen LogP contribution in [0.2, 0.25) is 0 Å². The SMILES string of the molecule is CCN1C(=O)N(Cc2ccccc2)C2(CCN(C(=O)C3CC4CCN3CC4)CC2)C1=O. The second-order valence-corrected chi connectivity index (χ2v) is 9.49. The molecule has 5 aliphatic rings. The molecular weight excluding hydrogens is 392 g/mol. The Balaban J connectivity index is 1.33. The van der Waals surface area contributed by atoms with Crippen molar-refractivity contribution >= 4 is 17.8 Å². The minimum Gasteiger partial charge on any atom is -0.341 e. The van der Waals surface area contributed by atoms with E-state index >= 15 is 0 Å². The molecule has 0 radical (unpaired) electrons. The monoisotopic (exact) mass is 424 g/mol. The van der Waals surface area contributed by atoms with E-state index in [1.54, 1.807) is 4.90 Å². The first-order chi connectivity index (χ1) is 15.0. The highest BCUT2D eigenvalue weighted by Gasteiger charge is 2.58. The molecule has 5 fully saturated rings. The molecule has 5 heterocycles. The Morgan fingerprint density at radius 1 is 1.03 bits per heavy atom. The maximum absolute atomic E-state index is 13.4. The highest BCUT2D eigenvalue weighted by atomic mass is 16.2. The third-order valence-electron chi connectivity index (χ3n) is 7.96. The molecule has 1 unspecified atom stereocenters. The van der Waals surface area contributed by atoms with Crippen molar-refractivity contribution in [2.24, 2.45) is 5.92 Å². The summed E-state index contributed by atoms with van der Waals surface area (Å²) in [5, 5.41) is 0. The van der Waals surface area contributed by atoms with Gasteiger partial charge in [-0.15, -0.1) is 0 Å². The van der Waals surface area contributed by atoms with Gasteiger partial charge in [-0.2, -0.15) is 0 Å².